The van der Waals surface area contributed by atoms with E-state index >= 15 is 0 Å². The summed E-state index contributed by atoms with van der Waals surface area (Å²) in [5, 5.41) is 8.26. The summed E-state index contributed by atoms with van der Waals surface area (Å²) in [6, 6.07) is 2.79. The Kier molecular flexibility index (Phi) is 4.51. The van der Waals surface area contributed by atoms with Crippen LogP contribution >= 0.6 is 0 Å². The zero-order valence-corrected chi connectivity index (χ0v) is 15.0. The zero-order chi connectivity index (χ0) is 17.2. The number of aromatic amines is 1. The van der Waals surface area contributed by atoms with Crippen LogP contribution < -0.4 is 0 Å². The minimum Gasteiger partial charge on any atom is -0.346 e. The number of aromatic nitrogens is 3. The lowest BCUT2D eigenvalue weighted by molar-refractivity contribution is 0.119. The van der Waals surface area contributed by atoms with Crippen LogP contribution in [0, 0.1) is 5.92 Å². The van der Waals surface area contributed by atoms with Gasteiger partial charge in [0.05, 0.1) is 23.7 Å². The molecule has 0 saturated heterocycles. The van der Waals surface area contributed by atoms with E-state index in [1.54, 1.807) is 6.33 Å². The summed E-state index contributed by atoms with van der Waals surface area (Å²) >= 11 is 0. The Labute approximate surface area is 148 Å². The first-order chi connectivity index (χ1) is 12.3. The molecule has 1 aliphatic heterocycles. The van der Waals surface area contributed by atoms with Crippen molar-refractivity contribution < 1.29 is 0 Å². The molecule has 0 amide bonds. The lowest BCUT2D eigenvalue weighted by atomic mass is 9.91. The van der Waals surface area contributed by atoms with Crippen molar-refractivity contribution in [2.24, 2.45) is 16.0 Å². The molecule has 0 aromatic carbocycles. The van der Waals surface area contributed by atoms with Crippen LogP contribution in [-0.2, 0) is 0 Å². The molecule has 4 rings (SSSR count). The maximum Gasteiger partial charge on any atom is 0.140 e. The average Bonchev–Trinajstić information content (AvgIpc) is 3.36. The van der Waals surface area contributed by atoms with Gasteiger partial charge in [0.2, 0.25) is 0 Å². The summed E-state index contributed by atoms with van der Waals surface area (Å²) in [6.45, 7) is 2.27. The van der Waals surface area contributed by atoms with Crippen LogP contribution in [-0.4, -0.2) is 51.5 Å². The molecule has 0 spiro atoms. The Hall–Kier alpha value is -2.24. The molecule has 0 bridgehead atoms. The molecule has 6 heteroatoms. The van der Waals surface area contributed by atoms with Crippen molar-refractivity contribution in [1.82, 2.24) is 20.0 Å². The summed E-state index contributed by atoms with van der Waals surface area (Å²) in [5.74, 6) is 0.915. The number of hydrazone groups is 1. The molecule has 132 valence electrons. The van der Waals surface area contributed by atoms with Gasteiger partial charge < -0.3 is 9.98 Å². The number of hydrogen-bond acceptors (Lipinski definition) is 5. The average molecular weight is 338 g/mol. The van der Waals surface area contributed by atoms with Gasteiger partial charge >= 0.3 is 0 Å². The van der Waals surface area contributed by atoms with Crippen LogP contribution in [0.3, 0.4) is 0 Å². The molecule has 1 aliphatic carbocycles. The lowest BCUT2D eigenvalue weighted by Crippen LogP contribution is -2.41. The van der Waals surface area contributed by atoms with Crippen LogP contribution in [0.1, 0.15) is 50.6 Å². The molecule has 2 unspecified atom stereocenters. The SMILES string of the molecule is CN=CC[C@H](C1CCCC1)N1N=CC(c2ncnc3[nH]ccc23)C1C. The summed E-state index contributed by atoms with van der Waals surface area (Å²) in [6.07, 6.45) is 14.0. The Balaban J connectivity index is 1.60. The van der Waals surface area contributed by atoms with Gasteiger partial charge in [0.1, 0.15) is 12.0 Å². The Morgan fingerprint density at radius 2 is 2.20 bits per heavy atom. The highest BCUT2D eigenvalue weighted by Crippen LogP contribution is 2.37. The van der Waals surface area contributed by atoms with Gasteiger partial charge in [-0.2, -0.15) is 5.10 Å². The van der Waals surface area contributed by atoms with Gasteiger partial charge in [-0.05, 0) is 31.7 Å². The zero-order valence-electron chi connectivity index (χ0n) is 15.0. The molecule has 0 radical (unpaired) electrons. The van der Waals surface area contributed by atoms with Crippen molar-refractivity contribution in [2.75, 3.05) is 7.05 Å². The van der Waals surface area contributed by atoms with Crippen LogP contribution in [0.5, 0.6) is 0 Å². The number of fused-ring (bicyclic) bond motifs is 1. The number of aliphatic imine (C=N–C) groups is 1. The van der Waals surface area contributed by atoms with E-state index < -0.39 is 0 Å². The first-order valence-electron chi connectivity index (χ1n) is 9.30. The summed E-state index contributed by atoms with van der Waals surface area (Å²) in [4.78, 5) is 16.3. The van der Waals surface area contributed by atoms with Crippen LogP contribution in [0.25, 0.3) is 11.0 Å². The predicted molar refractivity (Wildman–Crippen MR) is 101 cm³/mol. The lowest BCUT2D eigenvalue weighted by Gasteiger charge is -2.35. The molecule has 2 aliphatic rings. The fourth-order valence-electron chi connectivity index (χ4n) is 4.46. The summed E-state index contributed by atoms with van der Waals surface area (Å²) < 4.78 is 0. The van der Waals surface area contributed by atoms with Crippen molar-refractivity contribution in [3.63, 3.8) is 0 Å². The van der Waals surface area contributed by atoms with Crippen LogP contribution in [0.2, 0.25) is 0 Å². The van der Waals surface area contributed by atoms with Crippen molar-refractivity contribution in [1.29, 1.82) is 0 Å². The van der Waals surface area contributed by atoms with Crippen molar-refractivity contribution >= 4 is 23.5 Å². The van der Waals surface area contributed by atoms with E-state index in [0.717, 1.165) is 23.1 Å². The molecule has 3 heterocycles. The molecule has 2 aromatic rings. The van der Waals surface area contributed by atoms with Crippen LogP contribution in [0.4, 0.5) is 0 Å². The highest BCUT2D eigenvalue weighted by atomic mass is 15.5. The monoisotopic (exact) mass is 338 g/mol. The van der Waals surface area contributed by atoms with Crippen molar-refractivity contribution in [2.45, 2.75) is 57.0 Å². The highest BCUT2D eigenvalue weighted by molar-refractivity contribution is 5.83. The largest absolute Gasteiger partial charge is 0.346 e. The fraction of sp³-hybridized carbons (Fsp3) is 0.579. The van der Waals surface area contributed by atoms with E-state index in [0.29, 0.717) is 18.0 Å². The smallest absolute Gasteiger partial charge is 0.140 e. The highest BCUT2D eigenvalue weighted by Gasteiger charge is 2.38. The third-order valence-corrected chi connectivity index (χ3v) is 5.81. The molecular weight excluding hydrogens is 312 g/mol. The quantitative estimate of drug-likeness (QED) is 0.850. The predicted octanol–water partition coefficient (Wildman–Crippen LogP) is 3.38. The van der Waals surface area contributed by atoms with E-state index in [1.807, 2.05) is 19.5 Å². The summed E-state index contributed by atoms with van der Waals surface area (Å²) in [5.41, 5.74) is 1.97. The van der Waals surface area contributed by atoms with Gasteiger partial charge in [-0.15, -0.1) is 0 Å². The molecular formula is C19H26N6. The molecule has 1 fully saturated rings. The molecule has 1 saturated carbocycles. The number of hydrogen-bond donors (Lipinski definition) is 1. The maximum atomic E-state index is 4.84. The first kappa shape index (κ1) is 16.2. The second-order valence-corrected chi connectivity index (χ2v) is 7.20. The van der Waals surface area contributed by atoms with Crippen LogP contribution in [0.15, 0.2) is 28.7 Å². The number of nitrogens with zero attached hydrogens (tertiary/aromatic N) is 5. The minimum atomic E-state index is 0.198. The normalized spacial score (nSPS) is 25.6. The van der Waals surface area contributed by atoms with Gasteiger partial charge in [0.25, 0.3) is 0 Å². The topological polar surface area (TPSA) is 69.5 Å². The number of H-pyrrole nitrogens is 1. The van der Waals surface area contributed by atoms with E-state index in [4.69, 9.17) is 5.10 Å². The third-order valence-electron chi connectivity index (χ3n) is 5.81. The van der Waals surface area contributed by atoms with Gasteiger partial charge in [-0.1, -0.05) is 12.8 Å². The van der Waals surface area contributed by atoms with Gasteiger partial charge in [-0.3, -0.25) is 5.01 Å². The molecule has 2 aromatic heterocycles. The van der Waals surface area contributed by atoms with Crippen molar-refractivity contribution in [3.8, 4) is 0 Å². The first-order valence-corrected chi connectivity index (χ1v) is 9.30. The standard InChI is InChI=1S/C19H26N6/c1-13-16(18-15-7-10-21-19(15)23-12-22-18)11-24-25(13)17(8-9-20-2)14-5-3-4-6-14/h7,9-14,16-17H,3-6,8H2,1-2H3,(H,21,22,23)/t13?,16?,17-/m1/s1. The number of rotatable bonds is 5. The molecule has 1 N–H and O–H groups in total. The third kappa shape index (κ3) is 2.94. The van der Waals surface area contributed by atoms with E-state index in [2.05, 4.69) is 44.2 Å². The second-order valence-electron chi connectivity index (χ2n) is 7.20. The van der Waals surface area contributed by atoms with Gasteiger partial charge in [0, 0.05) is 37.5 Å². The minimum absolute atomic E-state index is 0.198. The maximum absolute atomic E-state index is 4.84. The fourth-order valence-corrected chi connectivity index (χ4v) is 4.46. The van der Waals surface area contributed by atoms with Gasteiger partial charge in [0.15, 0.2) is 0 Å². The molecule has 3 atom stereocenters. The van der Waals surface area contributed by atoms with E-state index in [1.165, 1.54) is 25.7 Å². The van der Waals surface area contributed by atoms with E-state index in [-0.39, 0.29) is 5.92 Å². The van der Waals surface area contributed by atoms with Gasteiger partial charge in [-0.25, -0.2) is 9.97 Å². The second kappa shape index (κ2) is 6.94. The Morgan fingerprint density at radius 3 is 3.00 bits per heavy atom. The summed E-state index contributed by atoms with van der Waals surface area (Å²) in [7, 11) is 1.86. The molecule has 25 heavy (non-hydrogen) atoms. The Morgan fingerprint density at radius 1 is 1.36 bits per heavy atom. The number of nitrogens with one attached hydrogen (secondary N) is 1. The van der Waals surface area contributed by atoms with Crippen molar-refractivity contribution in [3.05, 3.63) is 24.3 Å². The Bertz CT molecular complexity index is 773. The molecule has 6 nitrogen and oxygen atoms in total. The van der Waals surface area contributed by atoms with E-state index in [9.17, 15) is 0 Å².